The van der Waals surface area contributed by atoms with E-state index in [9.17, 15) is 18.0 Å². The van der Waals surface area contributed by atoms with Crippen LogP contribution in [-0.2, 0) is 19.6 Å². The predicted molar refractivity (Wildman–Crippen MR) is 94.2 cm³/mol. The van der Waals surface area contributed by atoms with Crippen molar-refractivity contribution < 1.29 is 18.0 Å². The molecule has 1 aliphatic heterocycles. The first-order valence-corrected chi connectivity index (χ1v) is 9.91. The number of hydrogen-bond donors (Lipinski definition) is 1. The third-order valence-electron chi connectivity index (χ3n) is 4.45. The summed E-state index contributed by atoms with van der Waals surface area (Å²) in [5.41, 5.74) is 0. The molecule has 0 spiro atoms. The first kappa shape index (κ1) is 19.4. The summed E-state index contributed by atoms with van der Waals surface area (Å²) in [6.45, 7) is 4.83. The van der Waals surface area contributed by atoms with Crippen LogP contribution >= 0.6 is 0 Å². The molecule has 1 saturated heterocycles. The number of rotatable bonds is 6. The topological polar surface area (TPSA) is 86.8 Å². The second kappa shape index (κ2) is 8.44. The van der Waals surface area contributed by atoms with E-state index in [0.29, 0.717) is 13.1 Å². The minimum atomic E-state index is -3.53. The van der Waals surface area contributed by atoms with E-state index in [1.807, 2.05) is 13.8 Å². The van der Waals surface area contributed by atoms with Crippen molar-refractivity contribution in [2.24, 2.45) is 5.92 Å². The maximum atomic E-state index is 12.6. The normalized spacial score (nSPS) is 17.1. The lowest BCUT2D eigenvalue weighted by Gasteiger charge is -2.34. The smallest absolute Gasteiger partial charge is 0.243 e. The molecule has 0 bridgehead atoms. The van der Waals surface area contributed by atoms with Crippen molar-refractivity contribution in [1.82, 2.24) is 14.5 Å². The predicted octanol–water partition coefficient (Wildman–Crippen LogP) is 0.682. The van der Waals surface area contributed by atoms with Crippen LogP contribution in [0.3, 0.4) is 0 Å². The second-order valence-corrected chi connectivity index (χ2v) is 8.06. The summed E-state index contributed by atoms with van der Waals surface area (Å²) in [6, 6.07) is 8.27. The van der Waals surface area contributed by atoms with Gasteiger partial charge in [-0.3, -0.25) is 9.59 Å². The fourth-order valence-corrected chi connectivity index (χ4v) is 4.00. The molecular weight excluding hydrogens is 342 g/mol. The van der Waals surface area contributed by atoms with Crippen LogP contribution in [0.1, 0.15) is 20.3 Å². The molecule has 1 aromatic carbocycles. The Kier molecular flexibility index (Phi) is 6.55. The number of nitrogens with one attached hydrogen (secondary N) is 1. The van der Waals surface area contributed by atoms with Gasteiger partial charge < -0.3 is 10.2 Å². The highest BCUT2D eigenvalue weighted by Gasteiger charge is 2.30. The summed E-state index contributed by atoms with van der Waals surface area (Å²) in [7, 11) is -3.53. The van der Waals surface area contributed by atoms with Gasteiger partial charge in [0.25, 0.3) is 0 Å². The van der Waals surface area contributed by atoms with Crippen molar-refractivity contribution in [1.29, 1.82) is 0 Å². The average molecular weight is 367 g/mol. The highest BCUT2D eigenvalue weighted by atomic mass is 32.2. The number of hydrogen-bond acceptors (Lipinski definition) is 4. The minimum absolute atomic E-state index is 0.0470. The van der Waals surface area contributed by atoms with E-state index < -0.39 is 10.0 Å². The maximum Gasteiger partial charge on any atom is 0.243 e. The first-order chi connectivity index (χ1) is 11.9. The fourth-order valence-electron chi connectivity index (χ4n) is 2.55. The van der Waals surface area contributed by atoms with Crippen LogP contribution in [0, 0.1) is 5.92 Å². The van der Waals surface area contributed by atoms with Gasteiger partial charge in [0.2, 0.25) is 21.8 Å². The number of carbonyl (C=O) groups is 2. The van der Waals surface area contributed by atoms with Gasteiger partial charge in [0.15, 0.2) is 0 Å². The molecule has 0 radical (unpaired) electrons. The minimum Gasteiger partial charge on any atom is -0.347 e. The standard InChI is InChI=1S/C17H25N3O4S/c1-3-14(2)17(22)18-13-16(21)19-9-11-20(12-10-19)25(23,24)15-7-5-4-6-8-15/h4-8,14H,3,9-13H2,1-2H3,(H,18,22). The van der Waals surface area contributed by atoms with Crippen LogP contribution in [0.2, 0.25) is 0 Å². The van der Waals surface area contributed by atoms with Crippen molar-refractivity contribution in [3.8, 4) is 0 Å². The molecule has 1 aromatic rings. The maximum absolute atomic E-state index is 12.6. The Balaban J connectivity index is 1.87. The average Bonchev–Trinajstić information content (AvgIpc) is 2.65. The molecule has 1 heterocycles. The van der Waals surface area contributed by atoms with Crippen LogP contribution in [0.4, 0.5) is 0 Å². The fraction of sp³-hybridized carbons (Fsp3) is 0.529. The molecule has 7 nitrogen and oxygen atoms in total. The molecule has 1 atom stereocenters. The SMILES string of the molecule is CCC(C)C(=O)NCC(=O)N1CCN(S(=O)(=O)c2ccccc2)CC1. The molecule has 2 amide bonds. The van der Waals surface area contributed by atoms with Crippen LogP contribution in [0.25, 0.3) is 0 Å². The van der Waals surface area contributed by atoms with Crippen molar-refractivity contribution in [2.75, 3.05) is 32.7 Å². The monoisotopic (exact) mass is 367 g/mol. The number of amides is 2. The summed E-state index contributed by atoms with van der Waals surface area (Å²) in [5.74, 6) is -0.449. The highest BCUT2D eigenvalue weighted by Crippen LogP contribution is 2.17. The summed E-state index contributed by atoms with van der Waals surface area (Å²) < 4.78 is 26.5. The number of nitrogens with zero attached hydrogens (tertiary/aromatic N) is 2. The van der Waals surface area contributed by atoms with E-state index in [0.717, 1.165) is 6.42 Å². The van der Waals surface area contributed by atoms with E-state index >= 15 is 0 Å². The van der Waals surface area contributed by atoms with Gasteiger partial charge in [-0.15, -0.1) is 0 Å². The van der Waals surface area contributed by atoms with Gasteiger partial charge in [0.05, 0.1) is 11.4 Å². The highest BCUT2D eigenvalue weighted by molar-refractivity contribution is 7.89. The molecule has 1 N–H and O–H groups in total. The Hall–Kier alpha value is -1.93. The molecular formula is C17H25N3O4S. The summed E-state index contributed by atoms with van der Waals surface area (Å²) >= 11 is 0. The first-order valence-electron chi connectivity index (χ1n) is 8.47. The van der Waals surface area contributed by atoms with Crippen LogP contribution in [0.5, 0.6) is 0 Å². The van der Waals surface area contributed by atoms with Crippen molar-refractivity contribution >= 4 is 21.8 Å². The number of sulfonamides is 1. The number of piperazine rings is 1. The Morgan fingerprint density at radius 3 is 2.28 bits per heavy atom. The lowest BCUT2D eigenvalue weighted by atomic mass is 10.1. The molecule has 0 aliphatic carbocycles. The van der Waals surface area contributed by atoms with Gasteiger partial charge in [-0.25, -0.2) is 8.42 Å². The molecule has 138 valence electrons. The number of carbonyl (C=O) groups excluding carboxylic acids is 2. The van der Waals surface area contributed by atoms with E-state index in [-0.39, 0.29) is 42.3 Å². The van der Waals surface area contributed by atoms with E-state index in [4.69, 9.17) is 0 Å². The second-order valence-electron chi connectivity index (χ2n) is 6.13. The zero-order chi connectivity index (χ0) is 18.4. The molecule has 0 saturated carbocycles. The van der Waals surface area contributed by atoms with E-state index in [1.54, 1.807) is 35.2 Å². The van der Waals surface area contributed by atoms with Gasteiger partial charge in [0.1, 0.15) is 0 Å². The largest absolute Gasteiger partial charge is 0.347 e. The summed E-state index contributed by atoms with van der Waals surface area (Å²) in [6.07, 6.45) is 0.718. The van der Waals surface area contributed by atoms with Crippen LogP contribution in [0.15, 0.2) is 35.2 Å². The van der Waals surface area contributed by atoms with Crippen LogP contribution < -0.4 is 5.32 Å². The van der Waals surface area contributed by atoms with Gasteiger partial charge in [-0.1, -0.05) is 32.0 Å². The molecule has 0 aromatic heterocycles. The zero-order valence-corrected chi connectivity index (χ0v) is 15.5. The zero-order valence-electron chi connectivity index (χ0n) is 14.6. The van der Waals surface area contributed by atoms with Gasteiger partial charge in [0, 0.05) is 32.1 Å². The van der Waals surface area contributed by atoms with E-state index in [1.165, 1.54) is 4.31 Å². The molecule has 25 heavy (non-hydrogen) atoms. The van der Waals surface area contributed by atoms with Gasteiger partial charge in [-0.2, -0.15) is 4.31 Å². The van der Waals surface area contributed by atoms with E-state index in [2.05, 4.69) is 5.32 Å². The molecule has 8 heteroatoms. The third-order valence-corrected chi connectivity index (χ3v) is 6.36. The molecule has 1 fully saturated rings. The molecule has 1 unspecified atom stereocenters. The van der Waals surface area contributed by atoms with Crippen molar-refractivity contribution in [3.05, 3.63) is 30.3 Å². The lowest BCUT2D eigenvalue weighted by molar-refractivity contribution is -0.134. The summed E-state index contributed by atoms with van der Waals surface area (Å²) in [5, 5.41) is 2.64. The van der Waals surface area contributed by atoms with Gasteiger partial charge >= 0.3 is 0 Å². The third kappa shape index (κ3) is 4.79. The lowest BCUT2D eigenvalue weighted by Crippen LogP contribution is -2.52. The molecule has 1 aliphatic rings. The quantitative estimate of drug-likeness (QED) is 0.801. The Morgan fingerprint density at radius 1 is 1.12 bits per heavy atom. The van der Waals surface area contributed by atoms with Crippen molar-refractivity contribution in [2.45, 2.75) is 25.2 Å². The van der Waals surface area contributed by atoms with Gasteiger partial charge in [-0.05, 0) is 18.6 Å². The summed E-state index contributed by atoms with van der Waals surface area (Å²) in [4.78, 5) is 25.8. The Bertz CT molecular complexity index is 698. The van der Waals surface area contributed by atoms with Crippen LogP contribution in [-0.4, -0.2) is 62.2 Å². The molecule has 2 rings (SSSR count). The number of benzene rings is 1. The Labute approximate surface area is 149 Å². The van der Waals surface area contributed by atoms with Crippen molar-refractivity contribution in [3.63, 3.8) is 0 Å². The Morgan fingerprint density at radius 2 is 1.72 bits per heavy atom.